The number of carbonyl (C=O) groups is 2. The van der Waals surface area contributed by atoms with Gasteiger partial charge in [0.2, 0.25) is 5.91 Å². The van der Waals surface area contributed by atoms with Crippen molar-refractivity contribution in [3.05, 3.63) is 52.4 Å². The van der Waals surface area contributed by atoms with Crippen molar-refractivity contribution in [3.63, 3.8) is 0 Å². The summed E-state index contributed by atoms with van der Waals surface area (Å²) < 4.78 is 7.49. The number of halogens is 1. The zero-order valence-electron chi connectivity index (χ0n) is 17.0. The maximum Gasteiger partial charge on any atom is 0.435 e. The van der Waals surface area contributed by atoms with Crippen molar-refractivity contribution in [2.24, 2.45) is 0 Å². The van der Waals surface area contributed by atoms with Crippen molar-refractivity contribution < 1.29 is 14.3 Å². The van der Waals surface area contributed by atoms with Crippen molar-refractivity contribution in [1.82, 2.24) is 14.8 Å². The Morgan fingerprint density at radius 2 is 2.03 bits per heavy atom. The van der Waals surface area contributed by atoms with Gasteiger partial charge in [-0.1, -0.05) is 15.9 Å². The number of carbonyl (C=O) groups excluding carboxylic acids is 2. The molecule has 0 radical (unpaired) electrons. The van der Waals surface area contributed by atoms with Crippen LogP contribution in [0.1, 0.15) is 44.7 Å². The Morgan fingerprint density at radius 3 is 2.73 bits per heavy atom. The van der Waals surface area contributed by atoms with Crippen LogP contribution in [0.2, 0.25) is 0 Å². The summed E-state index contributed by atoms with van der Waals surface area (Å²) in [6.07, 6.45) is 6.15. The van der Waals surface area contributed by atoms with Crippen LogP contribution >= 0.6 is 15.9 Å². The molecule has 8 heteroatoms. The number of hydrogen-bond acceptors (Lipinski definition) is 5. The lowest BCUT2D eigenvalue weighted by atomic mass is 9.94. The molecule has 154 valence electrons. The molecule has 0 unspecified atom stereocenters. The van der Waals surface area contributed by atoms with Crippen molar-refractivity contribution in [3.8, 4) is 0 Å². The minimum absolute atomic E-state index is 0.0943. The van der Waals surface area contributed by atoms with E-state index in [0.717, 1.165) is 45.0 Å². The van der Waals surface area contributed by atoms with Gasteiger partial charge in [-0.05, 0) is 51.8 Å². The fraction of sp³-hybridized carbons (Fsp3) is 0.364. The van der Waals surface area contributed by atoms with E-state index in [4.69, 9.17) is 4.74 Å². The summed E-state index contributed by atoms with van der Waals surface area (Å²) in [5.41, 5.74) is 2.50. The maximum atomic E-state index is 13.4. The van der Waals surface area contributed by atoms with E-state index in [1.165, 1.54) is 4.68 Å². The molecular formula is C22H21BrN4O3. The summed E-state index contributed by atoms with van der Waals surface area (Å²) in [6.45, 7) is 5.75. The second kappa shape index (κ2) is 6.38. The first kappa shape index (κ1) is 19.2. The van der Waals surface area contributed by atoms with E-state index in [0.29, 0.717) is 6.54 Å². The van der Waals surface area contributed by atoms with Gasteiger partial charge in [0.1, 0.15) is 5.60 Å². The Balaban J connectivity index is 1.49. The minimum Gasteiger partial charge on any atom is -0.442 e. The summed E-state index contributed by atoms with van der Waals surface area (Å²) in [7, 11) is 0. The van der Waals surface area contributed by atoms with Gasteiger partial charge in [-0.2, -0.15) is 9.78 Å². The number of aromatic nitrogens is 3. The first-order valence-electron chi connectivity index (χ1n) is 9.86. The van der Waals surface area contributed by atoms with Crippen LogP contribution in [0.5, 0.6) is 0 Å². The topological polar surface area (TPSA) is 77.3 Å². The third-order valence-corrected chi connectivity index (χ3v) is 6.03. The van der Waals surface area contributed by atoms with E-state index in [9.17, 15) is 9.59 Å². The molecule has 0 atom stereocenters. The quantitative estimate of drug-likeness (QED) is 0.550. The van der Waals surface area contributed by atoms with Crippen LogP contribution in [0.15, 0.2) is 41.3 Å². The van der Waals surface area contributed by atoms with Gasteiger partial charge in [0.25, 0.3) is 0 Å². The molecule has 2 aliphatic rings. The number of anilines is 1. The van der Waals surface area contributed by atoms with Crippen molar-refractivity contribution >= 4 is 44.5 Å². The molecule has 1 fully saturated rings. The molecule has 5 rings (SSSR count). The first-order valence-corrected chi connectivity index (χ1v) is 10.6. The summed E-state index contributed by atoms with van der Waals surface area (Å²) in [4.78, 5) is 32.0. The van der Waals surface area contributed by atoms with E-state index >= 15 is 0 Å². The van der Waals surface area contributed by atoms with Gasteiger partial charge in [0, 0.05) is 27.2 Å². The van der Waals surface area contributed by atoms with Crippen molar-refractivity contribution in [2.75, 3.05) is 4.90 Å². The average Bonchev–Trinajstić information content (AvgIpc) is 3.26. The first-order chi connectivity index (χ1) is 14.2. The lowest BCUT2D eigenvalue weighted by molar-refractivity contribution is -0.120. The standard InChI is InChI=1S/C22H21BrN4O3/c1-21(2,3)30-20(29)27-12-13(9-25-27)11-26-17-10-24-16-5-4-14(23)8-15(16)18(17)22(6-7-22)19(26)28/h4-5,8-10,12H,6-7,11H2,1-3H3. The molecule has 3 aromatic rings. The fourth-order valence-corrected chi connectivity index (χ4v) is 4.48. The highest BCUT2D eigenvalue weighted by atomic mass is 79.9. The molecular weight excluding hydrogens is 448 g/mol. The predicted octanol–water partition coefficient (Wildman–Crippen LogP) is 4.56. The molecule has 1 aromatic carbocycles. The van der Waals surface area contributed by atoms with Crippen molar-refractivity contribution in [2.45, 2.75) is 51.2 Å². The van der Waals surface area contributed by atoms with Crippen LogP contribution < -0.4 is 4.90 Å². The fourth-order valence-electron chi connectivity index (χ4n) is 4.12. The molecule has 0 saturated heterocycles. The number of pyridine rings is 1. The highest BCUT2D eigenvalue weighted by Crippen LogP contribution is 2.59. The van der Waals surface area contributed by atoms with E-state index in [1.54, 1.807) is 44.3 Å². The normalized spacial score (nSPS) is 16.9. The van der Waals surface area contributed by atoms with Gasteiger partial charge in [-0.25, -0.2) is 4.79 Å². The lowest BCUT2D eigenvalue weighted by Crippen LogP contribution is -2.31. The van der Waals surface area contributed by atoms with Gasteiger partial charge >= 0.3 is 6.09 Å². The van der Waals surface area contributed by atoms with Crippen LogP contribution in [0.25, 0.3) is 10.9 Å². The third-order valence-electron chi connectivity index (χ3n) is 5.54. The van der Waals surface area contributed by atoms with E-state index < -0.39 is 17.1 Å². The average molecular weight is 469 g/mol. The number of amides is 1. The predicted molar refractivity (Wildman–Crippen MR) is 115 cm³/mol. The highest BCUT2D eigenvalue weighted by Gasteiger charge is 2.60. The maximum absolute atomic E-state index is 13.4. The van der Waals surface area contributed by atoms with E-state index in [1.807, 2.05) is 18.2 Å². The molecule has 1 amide bonds. The number of fused-ring (bicyclic) bond motifs is 4. The zero-order chi connectivity index (χ0) is 21.3. The van der Waals surface area contributed by atoms with E-state index in [2.05, 4.69) is 26.0 Å². The Hall–Kier alpha value is -2.74. The van der Waals surface area contributed by atoms with Gasteiger partial charge in [0.05, 0.1) is 35.6 Å². The summed E-state index contributed by atoms with van der Waals surface area (Å²) in [5, 5.41) is 5.13. The molecule has 3 heterocycles. The highest BCUT2D eigenvalue weighted by molar-refractivity contribution is 9.10. The Morgan fingerprint density at radius 1 is 1.27 bits per heavy atom. The second-order valence-corrected chi connectivity index (χ2v) is 9.84. The number of rotatable bonds is 2. The summed E-state index contributed by atoms with van der Waals surface area (Å²) >= 11 is 3.54. The Kier molecular flexibility index (Phi) is 4.09. The monoisotopic (exact) mass is 468 g/mol. The number of hydrogen-bond donors (Lipinski definition) is 0. The summed E-state index contributed by atoms with van der Waals surface area (Å²) in [6, 6.07) is 5.97. The van der Waals surface area contributed by atoms with Crippen LogP contribution in [0, 0.1) is 0 Å². The SMILES string of the molecule is CC(C)(C)OC(=O)n1cc(CN2C(=O)C3(CC3)c3c2cnc2ccc(Br)cc32)cn1. The number of ether oxygens (including phenoxy) is 1. The molecule has 30 heavy (non-hydrogen) atoms. The van der Waals surface area contributed by atoms with Crippen LogP contribution in [0.3, 0.4) is 0 Å². The molecule has 1 spiro atoms. The third kappa shape index (κ3) is 3.01. The smallest absolute Gasteiger partial charge is 0.435 e. The van der Waals surface area contributed by atoms with Crippen LogP contribution in [-0.4, -0.2) is 32.4 Å². The lowest BCUT2D eigenvalue weighted by Gasteiger charge is -2.19. The molecule has 1 aliphatic carbocycles. The number of nitrogens with zero attached hydrogens (tertiary/aromatic N) is 4. The molecule has 7 nitrogen and oxygen atoms in total. The molecule has 1 saturated carbocycles. The number of benzene rings is 1. The second-order valence-electron chi connectivity index (χ2n) is 8.93. The molecule has 0 N–H and O–H groups in total. The molecule has 1 aliphatic heterocycles. The van der Waals surface area contributed by atoms with Crippen LogP contribution in [0.4, 0.5) is 10.5 Å². The van der Waals surface area contributed by atoms with E-state index in [-0.39, 0.29) is 5.91 Å². The zero-order valence-corrected chi connectivity index (χ0v) is 18.6. The Labute approximate surface area is 182 Å². The van der Waals surface area contributed by atoms with Crippen molar-refractivity contribution in [1.29, 1.82) is 0 Å². The molecule has 0 bridgehead atoms. The largest absolute Gasteiger partial charge is 0.442 e. The Bertz CT molecular complexity index is 1210. The van der Waals surface area contributed by atoms with Gasteiger partial charge in [-0.3, -0.25) is 9.78 Å². The van der Waals surface area contributed by atoms with Crippen LogP contribution in [-0.2, 0) is 21.5 Å². The van der Waals surface area contributed by atoms with Gasteiger partial charge in [0.15, 0.2) is 0 Å². The summed E-state index contributed by atoms with van der Waals surface area (Å²) in [5.74, 6) is 0.0943. The molecule has 2 aromatic heterocycles. The van der Waals surface area contributed by atoms with Gasteiger partial charge < -0.3 is 9.64 Å². The minimum atomic E-state index is -0.605. The van der Waals surface area contributed by atoms with Gasteiger partial charge in [-0.15, -0.1) is 0 Å².